The van der Waals surface area contributed by atoms with Crippen LogP contribution in [0.4, 0.5) is 0 Å². The van der Waals surface area contributed by atoms with Gasteiger partial charge in [0.25, 0.3) is 0 Å². The molecule has 0 radical (unpaired) electrons. The van der Waals surface area contributed by atoms with Crippen LogP contribution in [0, 0.1) is 0 Å². The molecule has 0 fully saturated rings. The highest BCUT2D eigenvalue weighted by atomic mass is 16.5. The van der Waals surface area contributed by atoms with Crippen molar-refractivity contribution in [1.29, 1.82) is 0 Å². The molecule has 0 atom stereocenters. The lowest BCUT2D eigenvalue weighted by atomic mass is 9.67. The zero-order valence-electron chi connectivity index (χ0n) is 22.7. The minimum absolute atomic E-state index is 0.349. The Balaban J connectivity index is 1.52. The number of rotatable bonds is 4. The number of benzene rings is 6. The molecular weight excluding hydrogens is 508 g/mol. The van der Waals surface area contributed by atoms with E-state index in [0.29, 0.717) is 11.1 Å². The Hall–Kier alpha value is -5.22. The van der Waals surface area contributed by atoms with Gasteiger partial charge in [0.2, 0.25) is 0 Å². The highest BCUT2D eigenvalue weighted by molar-refractivity contribution is 5.98. The van der Waals surface area contributed by atoms with E-state index in [1.54, 1.807) is 0 Å². The molecule has 4 nitrogen and oxygen atoms in total. The fourth-order valence-corrected chi connectivity index (χ4v) is 6.47. The third kappa shape index (κ3) is 3.68. The second-order valence-electron chi connectivity index (χ2n) is 10.4. The summed E-state index contributed by atoms with van der Waals surface area (Å²) in [5.74, 6) is -0.699. The van der Waals surface area contributed by atoms with Gasteiger partial charge < -0.3 is 9.47 Å². The average molecular weight is 535 g/mol. The number of ether oxygens (including phenoxy) is 2. The minimum atomic E-state index is -0.572. The van der Waals surface area contributed by atoms with Crippen LogP contribution in [-0.2, 0) is 14.9 Å². The van der Waals surface area contributed by atoms with Crippen LogP contribution in [0.5, 0.6) is 0 Å². The molecular formula is C37H26O4. The van der Waals surface area contributed by atoms with Crippen molar-refractivity contribution >= 4 is 33.5 Å². The highest BCUT2D eigenvalue weighted by Crippen LogP contribution is 2.56. The molecule has 0 N–H and O–H groups in total. The van der Waals surface area contributed by atoms with Crippen LogP contribution in [0.15, 0.2) is 121 Å². The molecule has 0 aromatic heterocycles. The molecule has 1 aliphatic rings. The molecule has 0 bridgehead atoms. The largest absolute Gasteiger partial charge is 0.465 e. The van der Waals surface area contributed by atoms with Gasteiger partial charge in [-0.3, -0.25) is 0 Å². The molecule has 0 saturated carbocycles. The molecule has 198 valence electrons. The van der Waals surface area contributed by atoms with E-state index in [9.17, 15) is 9.59 Å². The summed E-state index contributed by atoms with van der Waals surface area (Å²) >= 11 is 0. The first-order chi connectivity index (χ1) is 20.0. The van der Waals surface area contributed by atoms with Crippen LogP contribution in [0.3, 0.4) is 0 Å². The number of esters is 2. The van der Waals surface area contributed by atoms with Gasteiger partial charge in [-0.05, 0) is 91.3 Å². The average Bonchev–Trinajstić information content (AvgIpc) is 3.34. The topological polar surface area (TPSA) is 52.6 Å². The van der Waals surface area contributed by atoms with Crippen LogP contribution in [0.2, 0.25) is 0 Å². The molecule has 0 spiro atoms. The van der Waals surface area contributed by atoms with Crippen molar-refractivity contribution in [3.05, 3.63) is 155 Å². The van der Waals surface area contributed by atoms with E-state index in [1.807, 2.05) is 36.4 Å². The zero-order chi connectivity index (χ0) is 28.1. The normalized spacial score (nSPS) is 13.0. The third-order valence-electron chi connectivity index (χ3n) is 8.34. The van der Waals surface area contributed by atoms with Crippen molar-refractivity contribution in [2.45, 2.75) is 5.41 Å². The van der Waals surface area contributed by atoms with Gasteiger partial charge in [0.1, 0.15) is 0 Å². The van der Waals surface area contributed by atoms with E-state index in [4.69, 9.17) is 9.47 Å². The maximum atomic E-state index is 12.2. The molecule has 0 unspecified atom stereocenters. The van der Waals surface area contributed by atoms with E-state index in [0.717, 1.165) is 32.7 Å². The van der Waals surface area contributed by atoms with Crippen LogP contribution in [0.25, 0.3) is 32.7 Å². The summed E-state index contributed by atoms with van der Waals surface area (Å²) in [5, 5.41) is 4.03. The Kier molecular flexibility index (Phi) is 5.72. The van der Waals surface area contributed by atoms with Gasteiger partial charge in [-0.1, -0.05) is 84.9 Å². The lowest BCUT2D eigenvalue weighted by molar-refractivity contribution is 0.0592. The van der Waals surface area contributed by atoms with Crippen LogP contribution in [0.1, 0.15) is 43.0 Å². The predicted molar refractivity (Wildman–Crippen MR) is 161 cm³/mol. The van der Waals surface area contributed by atoms with E-state index < -0.39 is 5.41 Å². The van der Waals surface area contributed by atoms with Gasteiger partial charge in [-0.25, -0.2) is 9.59 Å². The first-order valence-electron chi connectivity index (χ1n) is 13.5. The van der Waals surface area contributed by atoms with E-state index in [1.165, 1.54) is 36.5 Å². The summed E-state index contributed by atoms with van der Waals surface area (Å²) in [6.45, 7) is 0. The zero-order valence-corrected chi connectivity index (χ0v) is 22.7. The second kappa shape index (κ2) is 9.46. The standard InChI is InChI=1S/C37H26O4/c1-40-35(38)27-13-11-25-21-29(17-15-23(25)19-27)37(33-9-5-3-7-31(33)32-8-4-6-10-34(32)37)30-18-16-24-20-28(36(39)41-2)14-12-26(24)22-30/h3-22H,1-2H3. The van der Waals surface area contributed by atoms with E-state index in [2.05, 4.69) is 84.9 Å². The van der Waals surface area contributed by atoms with Crippen molar-refractivity contribution in [1.82, 2.24) is 0 Å². The van der Waals surface area contributed by atoms with Crippen molar-refractivity contribution < 1.29 is 19.1 Å². The first kappa shape index (κ1) is 24.8. The monoisotopic (exact) mass is 534 g/mol. The van der Waals surface area contributed by atoms with Gasteiger partial charge in [0, 0.05) is 0 Å². The van der Waals surface area contributed by atoms with Gasteiger partial charge >= 0.3 is 11.9 Å². The van der Waals surface area contributed by atoms with E-state index >= 15 is 0 Å². The molecule has 6 aromatic carbocycles. The number of fused-ring (bicyclic) bond motifs is 5. The van der Waals surface area contributed by atoms with E-state index in [-0.39, 0.29) is 11.9 Å². The predicted octanol–water partition coefficient (Wildman–Crippen LogP) is 7.93. The lowest BCUT2D eigenvalue weighted by Crippen LogP contribution is -2.28. The summed E-state index contributed by atoms with van der Waals surface area (Å²) in [6.07, 6.45) is 0. The van der Waals surface area contributed by atoms with Crippen molar-refractivity contribution in [3.8, 4) is 11.1 Å². The smallest absolute Gasteiger partial charge is 0.337 e. The Morgan fingerprint density at radius 1 is 0.488 bits per heavy atom. The van der Waals surface area contributed by atoms with Gasteiger partial charge in [-0.2, -0.15) is 0 Å². The van der Waals surface area contributed by atoms with Gasteiger partial charge in [0.15, 0.2) is 0 Å². The fourth-order valence-electron chi connectivity index (χ4n) is 6.47. The minimum Gasteiger partial charge on any atom is -0.465 e. The molecule has 0 aliphatic heterocycles. The van der Waals surface area contributed by atoms with Crippen molar-refractivity contribution in [3.63, 3.8) is 0 Å². The quantitative estimate of drug-likeness (QED) is 0.215. The number of carbonyl (C=O) groups excluding carboxylic acids is 2. The summed E-state index contributed by atoms with van der Waals surface area (Å²) in [4.78, 5) is 24.4. The molecule has 0 heterocycles. The summed E-state index contributed by atoms with van der Waals surface area (Å²) in [7, 11) is 2.79. The van der Waals surface area contributed by atoms with Gasteiger partial charge in [-0.15, -0.1) is 0 Å². The van der Waals surface area contributed by atoms with Crippen LogP contribution >= 0.6 is 0 Å². The first-order valence-corrected chi connectivity index (χ1v) is 13.5. The lowest BCUT2D eigenvalue weighted by Gasteiger charge is -2.34. The number of methoxy groups -OCH3 is 2. The summed E-state index contributed by atoms with van der Waals surface area (Å²) in [5.41, 5.74) is 7.62. The summed E-state index contributed by atoms with van der Waals surface area (Å²) in [6, 6.07) is 41.6. The summed E-state index contributed by atoms with van der Waals surface area (Å²) < 4.78 is 9.88. The maximum absolute atomic E-state index is 12.2. The molecule has 4 heteroatoms. The molecule has 7 rings (SSSR count). The Morgan fingerprint density at radius 2 is 0.878 bits per heavy atom. The molecule has 0 saturated heterocycles. The Labute approximate surface area is 237 Å². The highest BCUT2D eigenvalue weighted by Gasteiger charge is 2.46. The number of carbonyl (C=O) groups is 2. The van der Waals surface area contributed by atoms with Gasteiger partial charge in [0.05, 0.1) is 30.8 Å². The number of hydrogen-bond donors (Lipinski definition) is 0. The maximum Gasteiger partial charge on any atom is 0.337 e. The van der Waals surface area contributed by atoms with Crippen LogP contribution < -0.4 is 0 Å². The Morgan fingerprint density at radius 3 is 1.32 bits per heavy atom. The molecule has 1 aliphatic carbocycles. The molecule has 0 amide bonds. The SMILES string of the molecule is COC(=O)c1ccc2cc(C3(c4ccc5cc(C(=O)OC)ccc5c4)c4ccccc4-c4ccccc43)ccc2c1. The fraction of sp³-hybridized carbons (Fsp3) is 0.0811. The Bertz CT molecular complexity index is 1870. The molecule has 41 heavy (non-hydrogen) atoms. The third-order valence-corrected chi connectivity index (χ3v) is 8.34. The van der Waals surface area contributed by atoms with Crippen LogP contribution in [-0.4, -0.2) is 26.2 Å². The second-order valence-corrected chi connectivity index (χ2v) is 10.4. The molecule has 6 aromatic rings. The van der Waals surface area contributed by atoms with Crippen molar-refractivity contribution in [2.24, 2.45) is 0 Å². The van der Waals surface area contributed by atoms with Crippen molar-refractivity contribution in [2.75, 3.05) is 14.2 Å². The number of hydrogen-bond acceptors (Lipinski definition) is 4.